The zero-order chi connectivity index (χ0) is 21.8. The third-order valence-electron chi connectivity index (χ3n) is 5.50. The van der Waals surface area contributed by atoms with E-state index in [1.807, 2.05) is 30.3 Å². The molecule has 1 amide bonds. The number of phenols is 1. The van der Waals surface area contributed by atoms with E-state index in [0.717, 1.165) is 29.7 Å². The summed E-state index contributed by atoms with van der Waals surface area (Å²) in [4.78, 5) is 15.0. The van der Waals surface area contributed by atoms with E-state index in [2.05, 4.69) is 17.1 Å². The molecule has 0 aliphatic carbocycles. The first kappa shape index (κ1) is 20.9. The maximum atomic E-state index is 13.2. The Hall–Kier alpha value is -3.32. The zero-order valence-electron chi connectivity index (χ0n) is 17.8. The molecular weight excluding hydrogens is 394 g/mol. The Kier molecular flexibility index (Phi) is 6.23. The van der Waals surface area contributed by atoms with Crippen LogP contribution in [0.15, 0.2) is 48.5 Å². The maximum Gasteiger partial charge on any atom is 0.273 e. The first-order chi connectivity index (χ1) is 15.2. The standard InChI is InChI=1S/C24H27N3O4/c1-3-4-13-31-17-9-7-8-16(15-17)23-20-21(18-10-5-6-11-19(18)28)25-26-22(20)24(29)27(23)12-14-30-2/h5-11,15,23,28H,3-4,12-14H2,1-2H3,(H,25,26)/t23-/m0/s1. The maximum absolute atomic E-state index is 13.2. The van der Waals surface area contributed by atoms with Crippen LogP contribution in [-0.2, 0) is 4.74 Å². The topological polar surface area (TPSA) is 87.7 Å². The minimum absolute atomic E-state index is 0.120. The van der Waals surface area contributed by atoms with Gasteiger partial charge in [0.15, 0.2) is 0 Å². The number of ether oxygens (including phenoxy) is 2. The lowest BCUT2D eigenvalue weighted by atomic mass is 9.95. The number of aromatic amines is 1. The van der Waals surface area contributed by atoms with Crippen LogP contribution in [0, 0.1) is 0 Å². The number of hydrogen-bond acceptors (Lipinski definition) is 5. The van der Waals surface area contributed by atoms with Gasteiger partial charge in [-0.3, -0.25) is 9.89 Å². The molecule has 3 aromatic rings. The average molecular weight is 421 g/mol. The summed E-state index contributed by atoms with van der Waals surface area (Å²) in [6, 6.07) is 14.5. The lowest BCUT2D eigenvalue weighted by Gasteiger charge is -2.26. The number of nitrogens with zero attached hydrogens (tertiary/aromatic N) is 2. The summed E-state index contributed by atoms with van der Waals surface area (Å²) in [5.74, 6) is 0.754. The molecule has 2 heterocycles. The number of H-pyrrole nitrogens is 1. The summed E-state index contributed by atoms with van der Waals surface area (Å²) < 4.78 is 11.2. The summed E-state index contributed by atoms with van der Waals surface area (Å²) >= 11 is 0. The highest BCUT2D eigenvalue weighted by Gasteiger charge is 2.42. The Bertz CT molecular complexity index is 1060. The van der Waals surface area contributed by atoms with Gasteiger partial charge in [0.1, 0.15) is 22.9 Å². The number of aromatic hydroxyl groups is 1. The summed E-state index contributed by atoms with van der Waals surface area (Å²) in [6.07, 6.45) is 2.04. The van der Waals surface area contributed by atoms with Crippen LogP contribution in [0.4, 0.5) is 0 Å². The monoisotopic (exact) mass is 421 g/mol. The number of para-hydroxylation sites is 1. The number of hydrogen-bond donors (Lipinski definition) is 2. The van der Waals surface area contributed by atoms with Gasteiger partial charge >= 0.3 is 0 Å². The number of benzene rings is 2. The normalized spacial score (nSPS) is 15.4. The first-order valence-electron chi connectivity index (χ1n) is 10.5. The molecule has 1 atom stereocenters. The molecule has 0 bridgehead atoms. The van der Waals surface area contributed by atoms with Crippen LogP contribution in [0.25, 0.3) is 11.3 Å². The molecule has 0 unspecified atom stereocenters. The van der Waals surface area contributed by atoms with Crippen molar-refractivity contribution in [3.05, 3.63) is 65.4 Å². The molecule has 2 N–H and O–H groups in total. The van der Waals surface area contributed by atoms with Crippen LogP contribution in [0.2, 0.25) is 0 Å². The lowest BCUT2D eigenvalue weighted by Crippen LogP contribution is -2.32. The molecule has 162 valence electrons. The summed E-state index contributed by atoms with van der Waals surface area (Å²) in [7, 11) is 1.62. The van der Waals surface area contributed by atoms with E-state index in [0.29, 0.717) is 36.7 Å². The van der Waals surface area contributed by atoms with Crippen LogP contribution >= 0.6 is 0 Å². The van der Waals surface area contributed by atoms with Crippen molar-refractivity contribution in [1.82, 2.24) is 15.1 Å². The molecular formula is C24H27N3O4. The van der Waals surface area contributed by atoms with Crippen molar-refractivity contribution in [2.45, 2.75) is 25.8 Å². The highest BCUT2D eigenvalue weighted by Crippen LogP contribution is 2.44. The van der Waals surface area contributed by atoms with E-state index < -0.39 is 0 Å². The second-order valence-corrected chi connectivity index (χ2v) is 7.55. The summed E-state index contributed by atoms with van der Waals surface area (Å²) in [5.41, 5.74) is 3.28. The van der Waals surface area contributed by atoms with Crippen LogP contribution < -0.4 is 4.74 Å². The van der Waals surface area contributed by atoms with E-state index in [-0.39, 0.29) is 17.7 Å². The number of nitrogens with one attached hydrogen (secondary N) is 1. The third kappa shape index (κ3) is 4.01. The predicted octanol–water partition coefficient (Wildman–Crippen LogP) is 4.15. The molecule has 0 spiro atoms. The Morgan fingerprint density at radius 1 is 1.16 bits per heavy atom. The smallest absolute Gasteiger partial charge is 0.273 e. The lowest BCUT2D eigenvalue weighted by molar-refractivity contribution is 0.0677. The number of phenolic OH excluding ortho intramolecular Hbond substituents is 1. The molecule has 0 fully saturated rings. The number of rotatable bonds is 9. The number of methoxy groups -OCH3 is 1. The van der Waals surface area contributed by atoms with Crippen molar-refractivity contribution in [3.8, 4) is 22.8 Å². The van der Waals surface area contributed by atoms with Crippen LogP contribution in [0.3, 0.4) is 0 Å². The number of aromatic nitrogens is 2. The van der Waals surface area contributed by atoms with Gasteiger partial charge in [0.05, 0.1) is 19.3 Å². The van der Waals surface area contributed by atoms with Gasteiger partial charge in [0, 0.05) is 24.8 Å². The van der Waals surface area contributed by atoms with E-state index in [1.54, 1.807) is 30.2 Å². The quantitative estimate of drug-likeness (QED) is 0.507. The van der Waals surface area contributed by atoms with E-state index >= 15 is 0 Å². The fourth-order valence-corrected chi connectivity index (χ4v) is 3.95. The zero-order valence-corrected chi connectivity index (χ0v) is 17.8. The minimum atomic E-state index is -0.360. The second kappa shape index (κ2) is 9.22. The predicted molar refractivity (Wildman–Crippen MR) is 117 cm³/mol. The number of unbranched alkanes of at least 4 members (excludes halogenated alkanes) is 1. The molecule has 1 aliphatic rings. The Balaban J connectivity index is 1.79. The van der Waals surface area contributed by atoms with Gasteiger partial charge in [-0.15, -0.1) is 0 Å². The Labute approximate surface area is 181 Å². The largest absolute Gasteiger partial charge is 0.507 e. The van der Waals surface area contributed by atoms with Gasteiger partial charge in [-0.1, -0.05) is 37.6 Å². The molecule has 0 saturated carbocycles. The second-order valence-electron chi connectivity index (χ2n) is 7.55. The van der Waals surface area contributed by atoms with Gasteiger partial charge in [0.25, 0.3) is 5.91 Å². The highest BCUT2D eigenvalue weighted by atomic mass is 16.5. The van der Waals surface area contributed by atoms with Crippen molar-refractivity contribution >= 4 is 5.91 Å². The van der Waals surface area contributed by atoms with Crippen molar-refractivity contribution in [3.63, 3.8) is 0 Å². The van der Waals surface area contributed by atoms with Crippen molar-refractivity contribution in [2.24, 2.45) is 0 Å². The molecule has 4 rings (SSSR count). The van der Waals surface area contributed by atoms with E-state index in [9.17, 15) is 9.90 Å². The Morgan fingerprint density at radius 2 is 2.00 bits per heavy atom. The molecule has 0 radical (unpaired) electrons. The van der Waals surface area contributed by atoms with Gasteiger partial charge in [-0.2, -0.15) is 5.10 Å². The Morgan fingerprint density at radius 3 is 2.77 bits per heavy atom. The third-order valence-corrected chi connectivity index (χ3v) is 5.50. The molecule has 2 aromatic carbocycles. The number of carbonyl (C=O) groups is 1. The first-order valence-corrected chi connectivity index (χ1v) is 10.5. The highest BCUT2D eigenvalue weighted by molar-refractivity contribution is 6.00. The van der Waals surface area contributed by atoms with Crippen LogP contribution in [-0.4, -0.2) is 53.0 Å². The number of fused-ring (bicyclic) bond motifs is 1. The van der Waals surface area contributed by atoms with Gasteiger partial charge in [0.2, 0.25) is 0 Å². The fourth-order valence-electron chi connectivity index (χ4n) is 3.95. The van der Waals surface area contributed by atoms with E-state index in [4.69, 9.17) is 9.47 Å². The average Bonchev–Trinajstić information content (AvgIpc) is 3.32. The van der Waals surface area contributed by atoms with Crippen molar-refractivity contribution < 1.29 is 19.4 Å². The fraction of sp³-hybridized carbons (Fsp3) is 0.333. The van der Waals surface area contributed by atoms with Crippen molar-refractivity contribution in [2.75, 3.05) is 26.9 Å². The van der Waals surface area contributed by atoms with Crippen molar-refractivity contribution in [1.29, 1.82) is 0 Å². The minimum Gasteiger partial charge on any atom is -0.507 e. The van der Waals surface area contributed by atoms with Gasteiger partial charge in [-0.25, -0.2) is 0 Å². The molecule has 0 saturated heterocycles. The number of carbonyl (C=O) groups excluding carboxylic acids is 1. The van der Waals surface area contributed by atoms with Crippen LogP contribution in [0.5, 0.6) is 11.5 Å². The molecule has 7 nitrogen and oxygen atoms in total. The van der Waals surface area contributed by atoms with Gasteiger partial charge in [-0.05, 0) is 36.2 Å². The van der Waals surface area contributed by atoms with E-state index in [1.165, 1.54) is 0 Å². The number of amides is 1. The summed E-state index contributed by atoms with van der Waals surface area (Å²) in [6.45, 7) is 3.62. The summed E-state index contributed by atoms with van der Waals surface area (Å²) in [5, 5.41) is 17.7. The molecule has 1 aliphatic heterocycles. The molecule has 1 aromatic heterocycles. The molecule has 31 heavy (non-hydrogen) atoms. The van der Waals surface area contributed by atoms with Crippen LogP contribution in [0.1, 0.15) is 47.4 Å². The SMILES string of the molecule is CCCCOc1cccc([C@H]2c3c(-c4ccccc4O)n[nH]c3C(=O)N2CCOC)c1. The van der Waals surface area contributed by atoms with Gasteiger partial charge < -0.3 is 19.5 Å². The molecule has 7 heteroatoms.